The molecule has 0 saturated carbocycles. The van der Waals surface area contributed by atoms with E-state index in [1.165, 1.54) is 0 Å². The van der Waals surface area contributed by atoms with E-state index in [1.807, 2.05) is 13.8 Å². The van der Waals surface area contributed by atoms with Crippen molar-refractivity contribution < 1.29 is 14.7 Å². The van der Waals surface area contributed by atoms with Crippen LogP contribution in [0.15, 0.2) is 0 Å². The number of aliphatic carboxylic acids is 1. The third kappa shape index (κ3) is 5.49. The van der Waals surface area contributed by atoms with Crippen LogP contribution in [0.1, 0.15) is 52.9 Å². The van der Waals surface area contributed by atoms with Crippen molar-refractivity contribution in [1.82, 2.24) is 10.2 Å². The maximum Gasteiger partial charge on any atom is 0.303 e. The SMILES string of the molecule is CCCC(C)NC(=O)C(C)N1CCC(CC(=O)O)CC1. The molecular weight excluding hydrogens is 256 g/mol. The van der Waals surface area contributed by atoms with E-state index in [9.17, 15) is 9.59 Å². The molecule has 2 unspecified atom stereocenters. The lowest BCUT2D eigenvalue weighted by Crippen LogP contribution is -2.50. The second-order valence-corrected chi connectivity index (χ2v) is 5.95. The zero-order chi connectivity index (χ0) is 15.1. The van der Waals surface area contributed by atoms with Gasteiger partial charge in [0.2, 0.25) is 5.91 Å². The molecule has 2 atom stereocenters. The van der Waals surface area contributed by atoms with Gasteiger partial charge in [-0.15, -0.1) is 0 Å². The largest absolute Gasteiger partial charge is 0.481 e. The molecule has 0 bridgehead atoms. The van der Waals surface area contributed by atoms with Gasteiger partial charge in [-0.3, -0.25) is 14.5 Å². The van der Waals surface area contributed by atoms with E-state index in [1.54, 1.807) is 0 Å². The molecule has 0 aromatic heterocycles. The molecule has 0 aromatic carbocycles. The molecule has 5 heteroatoms. The van der Waals surface area contributed by atoms with E-state index < -0.39 is 5.97 Å². The Balaban J connectivity index is 2.36. The highest BCUT2D eigenvalue weighted by Crippen LogP contribution is 2.21. The molecule has 0 aliphatic carbocycles. The highest BCUT2D eigenvalue weighted by molar-refractivity contribution is 5.81. The van der Waals surface area contributed by atoms with Crippen molar-refractivity contribution in [3.63, 3.8) is 0 Å². The van der Waals surface area contributed by atoms with Gasteiger partial charge in [-0.05, 0) is 52.1 Å². The monoisotopic (exact) mass is 284 g/mol. The number of nitrogens with one attached hydrogen (secondary N) is 1. The van der Waals surface area contributed by atoms with Gasteiger partial charge in [0.15, 0.2) is 0 Å². The molecule has 1 rings (SSSR count). The van der Waals surface area contributed by atoms with Gasteiger partial charge in [-0.1, -0.05) is 13.3 Å². The Morgan fingerprint density at radius 2 is 1.90 bits per heavy atom. The number of nitrogens with zero attached hydrogens (tertiary/aromatic N) is 1. The van der Waals surface area contributed by atoms with E-state index in [4.69, 9.17) is 5.11 Å². The number of likely N-dealkylation sites (tertiary alicyclic amines) is 1. The van der Waals surface area contributed by atoms with Gasteiger partial charge in [0.05, 0.1) is 6.04 Å². The summed E-state index contributed by atoms with van der Waals surface area (Å²) in [5.41, 5.74) is 0. The Kier molecular flexibility index (Phi) is 6.99. The van der Waals surface area contributed by atoms with Crippen molar-refractivity contribution in [2.45, 2.75) is 65.0 Å². The zero-order valence-electron chi connectivity index (χ0n) is 12.9. The van der Waals surface area contributed by atoms with Crippen molar-refractivity contribution in [2.75, 3.05) is 13.1 Å². The Hall–Kier alpha value is -1.10. The van der Waals surface area contributed by atoms with Gasteiger partial charge >= 0.3 is 5.97 Å². The van der Waals surface area contributed by atoms with E-state index in [0.29, 0.717) is 0 Å². The summed E-state index contributed by atoms with van der Waals surface area (Å²) < 4.78 is 0. The number of carboxylic acid groups (broad SMARTS) is 1. The lowest BCUT2D eigenvalue weighted by Gasteiger charge is -2.35. The summed E-state index contributed by atoms with van der Waals surface area (Å²) in [4.78, 5) is 25.0. The number of amides is 1. The first-order valence-electron chi connectivity index (χ1n) is 7.70. The van der Waals surface area contributed by atoms with Crippen LogP contribution in [0.4, 0.5) is 0 Å². The van der Waals surface area contributed by atoms with Crippen molar-refractivity contribution in [1.29, 1.82) is 0 Å². The third-order valence-electron chi connectivity index (χ3n) is 4.15. The molecule has 1 aliphatic heterocycles. The van der Waals surface area contributed by atoms with E-state index in [2.05, 4.69) is 17.1 Å². The number of carboxylic acids is 1. The summed E-state index contributed by atoms with van der Waals surface area (Å²) in [5, 5.41) is 11.8. The van der Waals surface area contributed by atoms with Crippen molar-refractivity contribution in [2.24, 2.45) is 5.92 Å². The quantitative estimate of drug-likeness (QED) is 0.749. The van der Waals surface area contributed by atoms with E-state index in [-0.39, 0.29) is 30.3 Å². The summed E-state index contributed by atoms with van der Waals surface area (Å²) in [6, 6.07) is 0.0968. The van der Waals surface area contributed by atoms with Crippen molar-refractivity contribution in [3.05, 3.63) is 0 Å². The topological polar surface area (TPSA) is 69.6 Å². The maximum atomic E-state index is 12.1. The molecule has 1 heterocycles. The third-order valence-corrected chi connectivity index (χ3v) is 4.15. The van der Waals surface area contributed by atoms with Gasteiger partial charge in [0.25, 0.3) is 0 Å². The molecule has 20 heavy (non-hydrogen) atoms. The summed E-state index contributed by atoms with van der Waals surface area (Å²) in [7, 11) is 0. The first kappa shape index (κ1) is 17.0. The second-order valence-electron chi connectivity index (χ2n) is 5.95. The lowest BCUT2D eigenvalue weighted by atomic mass is 9.93. The number of piperidine rings is 1. The standard InChI is InChI=1S/C15H28N2O3/c1-4-5-11(2)16-15(20)12(3)17-8-6-13(7-9-17)10-14(18)19/h11-13H,4-10H2,1-3H3,(H,16,20)(H,18,19). The van der Waals surface area contributed by atoms with Crippen LogP contribution in [-0.2, 0) is 9.59 Å². The molecule has 2 N–H and O–H groups in total. The van der Waals surface area contributed by atoms with Crippen molar-refractivity contribution in [3.8, 4) is 0 Å². The van der Waals surface area contributed by atoms with Crippen LogP contribution in [0, 0.1) is 5.92 Å². The highest BCUT2D eigenvalue weighted by Gasteiger charge is 2.27. The highest BCUT2D eigenvalue weighted by atomic mass is 16.4. The van der Waals surface area contributed by atoms with Crippen LogP contribution in [0.25, 0.3) is 0 Å². The molecule has 5 nitrogen and oxygen atoms in total. The second kappa shape index (κ2) is 8.25. The summed E-state index contributed by atoms with van der Waals surface area (Å²) in [6.45, 7) is 7.71. The van der Waals surface area contributed by atoms with Gasteiger partial charge < -0.3 is 10.4 Å². The van der Waals surface area contributed by atoms with Crippen LogP contribution in [-0.4, -0.2) is 47.1 Å². The molecule has 0 radical (unpaired) electrons. The minimum Gasteiger partial charge on any atom is -0.481 e. The minimum atomic E-state index is -0.720. The number of rotatable bonds is 7. The van der Waals surface area contributed by atoms with Crippen LogP contribution >= 0.6 is 0 Å². The predicted molar refractivity (Wildman–Crippen MR) is 78.5 cm³/mol. The number of carbonyl (C=O) groups excluding carboxylic acids is 1. The molecule has 0 spiro atoms. The predicted octanol–water partition coefficient (Wildman–Crippen LogP) is 1.87. The smallest absolute Gasteiger partial charge is 0.303 e. The van der Waals surface area contributed by atoms with Crippen molar-refractivity contribution >= 4 is 11.9 Å². The van der Waals surface area contributed by atoms with E-state index in [0.717, 1.165) is 38.8 Å². The van der Waals surface area contributed by atoms with Crippen LogP contribution in [0.3, 0.4) is 0 Å². The number of hydrogen-bond donors (Lipinski definition) is 2. The maximum absolute atomic E-state index is 12.1. The number of carbonyl (C=O) groups is 2. The molecule has 1 saturated heterocycles. The molecular formula is C15H28N2O3. The summed E-state index contributed by atoms with van der Waals surface area (Å²) >= 11 is 0. The average molecular weight is 284 g/mol. The first-order valence-corrected chi connectivity index (χ1v) is 7.70. The zero-order valence-corrected chi connectivity index (χ0v) is 12.9. The average Bonchev–Trinajstić information content (AvgIpc) is 2.38. The first-order chi connectivity index (χ1) is 9.43. The van der Waals surface area contributed by atoms with Crippen LogP contribution in [0.5, 0.6) is 0 Å². The minimum absolute atomic E-state index is 0.0858. The Morgan fingerprint density at radius 3 is 2.40 bits per heavy atom. The fourth-order valence-corrected chi connectivity index (χ4v) is 2.83. The summed E-state index contributed by atoms with van der Waals surface area (Å²) in [5.74, 6) is -0.372. The van der Waals surface area contributed by atoms with Crippen LogP contribution < -0.4 is 5.32 Å². The number of hydrogen-bond acceptors (Lipinski definition) is 3. The lowest BCUT2D eigenvalue weighted by molar-refractivity contribution is -0.139. The molecule has 0 aromatic rings. The van der Waals surface area contributed by atoms with Gasteiger partial charge in [-0.2, -0.15) is 0 Å². The fourth-order valence-electron chi connectivity index (χ4n) is 2.83. The molecule has 1 fully saturated rings. The van der Waals surface area contributed by atoms with Gasteiger partial charge in [0.1, 0.15) is 0 Å². The Morgan fingerprint density at radius 1 is 1.30 bits per heavy atom. The van der Waals surface area contributed by atoms with E-state index >= 15 is 0 Å². The molecule has 1 aliphatic rings. The molecule has 116 valence electrons. The normalized spacial score (nSPS) is 20.4. The Labute approximate surface area is 121 Å². The van der Waals surface area contributed by atoms with Gasteiger partial charge in [-0.25, -0.2) is 0 Å². The van der Waals surface area contributed by atoms with Crippen LogP contribution in [0.2, 0.25) is 0 Å². The molecule has 1 amide bonds. The fraction of sp³-hybridized carbons (Fsp3) is 0.867. The van der Waals surface area contributed by atoms with Gasteiger partial charge in [0, 0.05) is 12.5 Å². The Bertz CT molecular complexity index is 325. The summed E-state index contributed by atoms with van der Waals surface area (Å²) in [6.07, 6.45) is 4.06.